The highest BCUT2D eigenvalue weighted by Gasteiger charge is 2.13. The van der Waals surface area contributed by atoms with Gasteiger partial charge in [0.05, 0.1) is 0 Å². The van der Waals surface area contributed by atoms with E-state index in [4.69, 9.17) is 5.41 Å². The van der Waals surface area contributed by atoms with Gasteiger partial charge in [0.1, 0.15) is 5.84 Å². The van der Waals surface area contributed by atoms with Gasteiger partial charge in [-0.15, -0.1) is 0 Å². The Bertz CT molecular complexity index is 187. The second-order valence-corrected chi connectivity index (χ2v) is 3.30. The van der Waals surface area contributed by atoms with E-state index in [0.717, 1.165) is 5.57 Å². The molecule has 0 saturated heterocycles. The topological polar surface area (TPSA) is 27.1 Å². The van der Waals surface area contributed by atoms with Gasteiger partial charge in [0, 0.05) is 42.1 Å². The molecule has 0 fully saturated rings. The molecule has 0 atom stereocenters. The molecule has 1 heterocycles. The van der Waals surface area contributed by atoms with E-state index < -0.39 is 0 Å². The van der Waals surface area contributed by atoms with E-state index in [9.17, 15) is 0 Å². The molecule has 4 heteroatoms. The van der Waals surface area contributed by atoms with Crippen LogP contribution in [0.4, 0.5) is 0 Å². The van der Waals surface area contributed by atoms with Crippen LogP contribution in [0, 0.1) is 5.41 Å². The number of hydrogen-bond donors (Lipinski definition) is 1. The van der Waals surface area contributed by atoms with E-state index in [1.54, 1.807) is 4.31 Å². The molecule has 48 valence electrons. The largest absolute Gasteiger partial charge is 0.283 e. The number of hydrogen-bond acceptors (Lipinski definition) is 2. The van der Waals surface area contributed by atoms with Gasteiger partial charge in [0.2, 0.25) is 0 Å². The summed E-state index contributed by atoms with van der Waals surface area (Å²) in [5, 5.41) is 7.35. The summed E-state index contributed by atoms with van der Waals surface area (Å²) in [4.78, 5) is 0. The Balaban J connectivity index is 2.73. The summed E-state index contributed by atoms with van der Waals surface area (Å²) < 4.78 is 1.75. The minimum atomic E-state index is 0.481. The Labute approximate surface area is 70.2 Å². The van der Waals surface area contributed by atoms with Crippen molar-refractivity contribution < 1.29 is 0 Å². The number of amidine groups is 1. The fraction of sp³-hybridized carbons (Fsp3) is 0. The first kappa shape index (κ1) is 7.14. The van der Waals surface area contributed by atoms with Crippen LogP contribution in [0.1, 0.15) is 0 Å². The third kappa shape index (κ3) is 1.29. The van der Waals surface area contributed by atoms with Crippen LogP contribution in [0.15, 0.2) is 24.4 Å². The van der Waals surface area contributed by atoms with Crippen molar-refractivity contribution in [3.05, 3.63) is 24.4 Å². The lowest BCUT2D eigenvalue weighted by Gasteiger charge is -2.08. The highest BCUT2D eigenvalue weighted by molar-refractivity contribution is 14.2. The number of rotatable bonds is 1. The van der Waals surface area contributed by atoms with Crippen molar-refractivity contribution in [2.75, 3.05) is 0 Å². The smallest absolute Gasteiger partial charge is 0.142 e. The Morgan fingerprint density at radius 3 is 2.67 bits per heavy atom. The maximum Gasteiger partial charge on any atom is 0.142 e. The molecule has 1 aliphatic heterocycles. The first-order valence-corrected chi connectivity index (χ1v) is 5.61. The quantitative estimate of drug-likeness (QED) is 0.572. The molecule has 0 saturated carbocycles. The summed E-state index contributed by atoms with van der Waals surface area (Å²) in [5.41, 5.74) is 0.777. The predicted molar refractivity (Wildman–Crippen MR) is 49.5 cm³/mol. The molecule has 0 aromatic carbocycles. The highest BCUT2D eigenvalue weighted by atomic mass is 127. The van der Waals surface area contributed by atoms with Crippen LogP contribution in [0.5, 0.6) is 0 Å². The van der Waals surface area contributed by atoms with Crippen molar-refractivity contribution in [3.8, 4) is 0 Å². The van der Waals surface area contributed by atoms with Gasteiger partial charge in [-0.25, -0.2) is 0 Å². The van der Waals surface area contributed by atoms with Crippen LogP contribution >= 0.6 is 30.3 Å². The Kier molecular flexibility index (Phi) is 2.18. The SMILES string of the molecule is C=C1C=CN(SI)C1=N. The van der Waals surface area contributed by atoms with Crippen molar-refractivity contribution in [2.45, 2.75) is 0 Å². The lowest BCUT2D eigenvalue weighted by molar-refractivity contribution is 0.954. The van der Waals surface area contributed by atoms with Crippen molar-refractivity contribution in [1.82, 2.24) is 4.31 Å². The number of halogens is 1. The molecule has 0 amide bonds. The molecule has 0 aliphatic carbocycles. The molecule has 0 bridgehead atoms. The van der Waals surface area contributed by atoms with Crippen LogP contribution in [0.3, 0.4) is 0 Å². The molecule has 2 nitrogen and oxygen atoms in total. The minimum absolute atomic E-state index is 0.481. The van der Waals surface area contributed by atoms with Crippen LogP contribution in [0.25, 0.3) is 0 Å². The predicted octanol–water partition coefficient (Wildman–Crippen LogP) is 2.35. The first-order valence-electron chi connectivity index (χ1n) is 2.29. The number of nitrogens with one attached hydrogen (secondary N) is 1. The molecule has 0 aromatic rings. The first-order chi connectivity index (χ1) is 4.25. The van der Waals surface area contributed by atoms with Gasteiger partial charge in [-0.05, 0) is 6.08 Å². The minimum Gasteiger partial charge on any atom is -0.283 e. The average molecular weight is 252 g/mol. The molecule has 1 rings (SSSR count). The second kappa shape index (κ2) is 2.74. The standard InChI is InChI=1S/C5H5IN2S/c1-4-2-3-8(9-6)5(4)7/h2-3,7H,1H2. The molecular formula is C5H5IN2S. The summed E-state index contributed by atoms with van der Waals surface area (Å²) in [5.74, 6) is 0.481. The fourth-order valence-corrected chi connectivity index (χ4v) is 1.79. The van der Waals surface area contributed by atoms with Gasteiger partial charge < -0.3 is 0 Å². The summed E-state index contributed by atoms with van der Waals surface area (Å²) in [6.45, 7) is 3.66. The average Bonchev–Trinajstić information content (AvgIpc) is 2.15. The molecular weight excluding hydrogens is 247 g/mol. The summed E-state index contributed by atoms with van der Waals surface area (Å²) in [6.07, 6.45) is 3.66. The fourth-order valence-electron chi connectivity index (χ4n) is 0.510. The van der Waals surface area contributed by atoms with Gasteiger partial charge in [0.15, 0.2) is 0 Å². The molecule has 0 radical (unpaired) electrons. The van der Waals surface area contributed by atoms with E-state index in [2.05, 4.69) is 27.8 Å². The van der Waals surface area contributed by atoms with E-state index in [0.29, 0.717) is 5.84 Å². The van der Waals surface area contributed by atoms with E-state index in [1.165, 1.54) is 9.12 Å². The van der Waals surface area contributed by atoms with Crippen LogP contribution in [-0.4, -0.2) is 10.1 Å². The zero-order valence-corrected chi connectivity index (χ0v) is 7.57. The monoisotopic (exact) mass is 252 g/mol. The van der Waals surface area contributed by atoms with E-state index in [1.807, 2.05) is 12.3 Å². The summed E-state index contributed by atoms with van der Waals surface area (Å²) in [6, 6.07) is 0. The Morgan fingerprint density at radius 1 is 1.78 bits per heavy atom. The lowest BCUT2D eigenvalue weighted by Crippen LogP contribution is -2.10. The van der Waals surface area contributed by atoms with Gasteiger partial charge in [-0.1, -0.05) is 6.58 Å². The van der Waals surface area contributed by atoms with Gasteiger partial charge in [0.25, 0.3) is 0 Å². The van der Waals surface area contributed by atoms with Crippen LogP contribution < -0.4 is 0 Å². The second-order valence-electron chi connectivity index (χ2n) is 1.58. The molecule has 0 unspecified atom stereocenters. The molecule has 1 aliphatic rings. The normalized spacial score (nSPS) is 17.7. The van der Waals surface area contributed by atoms with Crippen molar-refractivity contribution in [3.63, 3.8) is 0 Å². The summed E-state index contributed by atoms with van der Waals surface area (Å²) in [7, 11) is 1.48. The van der Waals surface area contributed by atoms with Gasteiger partial charge in [-0.2, -0.15) is 0 Å². The maximum absolute atomic E-state index is 7.35. The molecule has 0 aromatic heterocycles. The van der Waals surface area contributed by atoms with Crippen LogP contribution in [-0.2, 0) is 0 Å². The van der Waals surface area contributed by atoms with Gasteiger partial charge in [-0.3, -0.25) is 9.71 Å². The third-order valence-corrected chi connectivity index (χ3v) is 2.74. The number of nitrogens with zero attached hydrogens (tertiary/aromatic N) is 1. The van der Waals surface area contributed by atoms with Crippen molar-refractivity contribution in [2.24, 2.45) is 0 Å². The van der Waals surface area contributed by atoms with E-state index in [-0.39, 0.29) is 0 Å². The van der Waals surface area contributed by atoms with Crippen LogP contribution in [0.2, 0.25) is 0 Å². The van der Waals surface area contributed by atoms with Crippen molar-refractivity contribution in [1.29, 1.82) is 5.41 Å². The zero-order chi connectivity index (χ0) is 6.85. The molecule has 1 N–H and O–H groups in total. The Hall–Kier alpha value is 0.0300. The molecule has 9 heavy (non-hydrogen) atoms. The zero-order valence-electron chi connectivity index (χ0n) is 4.60. The lowest BCUT2D eigenvalue weighted by atomic mass is 10.3. The van der Waals surface area contributed by atoms with E-state index >= 15 is 0 Å². The Morgan fingerprint density at radius 2 is 2.44 bits per heavy atom. The van der Waals surface area contributed by atoms with Crippen molar-refractivity contribution >= 4 is 36.2 Å². The van der Waals surface area contributed by atoms with Gasteiger partial charge >= 0.3 is 0 Å². The maximum atomic E-state index is 7.35. The highest BCUT2D eigenvalue weighted by Crippen LogP contribution is 2.25. The molecule has 0 spiro atoms. The third-order valence-electron chi connectivity index (χ3n) is 1.01. The summed E-state index contributed by atoms with van der Waals surface area (Å²) >= 11 is 2.12.